The number of aliphatic hydroxyl groups is 1. The Morgan fingerprint density at radius 2 is 1.88 bits per heavy atom. The third kappa shape index (κ3) is 6.68. The molecule has 0 aromatic carbocycles. The number of allylic oxidation sites excluding steroid dienone is 4. The lowest BCUT2D eigenvalue weighted by molar-refractivity contribution is -0.757. The van der Waals surface area contributed by atoms with E-state index in [-0.39, 0.29) is 37.6 Å². The number of fused-ring (bicyclic) bond motifs is 7. The number of nitrogens with zero attached hydrogens (tertiary/aromatic N) is 1. The lowest BCUT2D eigenvalue weighted by Gasteiger charge is -2.60. The minimum atomic E-state index is -1.68. The van der Waals surface area contributed by atoms with Crippen LogP contribution < -0.4 is 5.32 Å². The number of halogens is 1. The zero-order chi connectivity index (χ0) is 36.8. The number of alkyl halides is 1. The number of aliphatic carboxylic acids is 1. The molecule has 0 radical (unpaired) electrons. The van der Waals surface area contributed by atoms with E-state index in [9.17, 15) is 44.3 Å². The van der Waals surface area contributed by atoms with Crippen molar-refractivity contribution in [2.75, 3.05) is 13.2 Å². The number of rotatable bonds is 14. The highest BCUT2D eigenvalue weighted by molar-refractivity contribution is 6.01. The van der Waals surface area contributed by atoms with Gasteiger partial charge in [-0.1, -0.05) is 26.3 Å². The molecule has 0 aromatic rings. The van der Waals surface area contributed by atoms with Gasteiger partial charge >= 0.3 is 11.9 Å². The number of ketones is 2. The maximum absolute atomic E-state index is 15.8. The van der Waals surface area contributed by atoms with Crippen molar-refractivity contribution in [3.8, 4) is 0 Å². The molecule has 16 heteroatoms. The van der Waals surface area contributed by atoms with Crippen LogP contribution in [0.25, 0.3) is 0 Å². The average Bonchev–Trinajstić information content (AvgIpc) is 3.43. The van der Waals surface area contributed by atoms with Crippen molar-refractivity contribution in [3.05, 3.63) is 33.9 Å². The van der Waals surface area contributed by atoms with Crippen LogP contribution in [-0.4, -0.2) is 93.7 Å². The molecule has 1 aliphatic heterocycles. The molecule has 10 atom stereocenters. The number of carbonyl (C=O) groups is 5. The van der Waals surface area contributed by atoms with E-state index in [1.54, 1.807) is 19.9 Å². The topological polar surface area (TPSA) is 218 Å². The first-order chi connectivity index (χ1) is 23.3. The first-order valence-electron chi connectivity index (χ1n) is 17.0. The van der Waals surface area contributed by atoms with Crippen molar-refractivity contribution in [2.24, 2.45) is 28.6 Å². The molecule has 0 aromatic heterocycles. The zero-order valence-corrected chi connectivity index (χ0v) is 28.6. The second kappa shape index (κ2) is 13.8. The monoisotopic (exact) mass is 708 g/mol. The Hall–Kier alpha value is -3.76. The van der Waals surface area contributed by atoms with Gasteiger partial charge in [-0.05, 0) is 75.5 Å². The number of esters is 1. The molecule has 5 rings (SSSR count). The molecule has 4 aliphatic carbocycles. The van der Waals surface area contributed by atoms with Gasteiger partial charge in [0.25, 0.3) is 5.09 Å². The summed E-state index contributed by atoms with van der Waals surface area (Å²) < 4.78 is 33.8. The first-order valence-corrected chi connectivity index (χ1v) is 17.0. The molecule has 1 unspecified atom stereocenters. The summed E-state index contributed by atoms with van der Waals surface area (Å²) >= 11 is 0. The number of unbranched alkanes of at least 4 members (excludes halogenated alkanes) is 2. The molecule has 1 amide bonds. The van der Waals surface area contributed by atoms with E-state index < -0.39 is 100 Å². The lowest BCUT2D eigenvalue weighted by atomic mass is 9.46. The summed E-state index contributed by atoms with van der Waals surface area (Å²) in [5.41, 5.74) is -3.32. The highest BCUT2D eigenvalue weighted by Gasteiger charge is 2.77. The van der Waals surface area contributed by atoms with Gasteiger partial charge in [0.05, 0.1) is 25.2 Å². The third-order valence-corrected chi connectivity index (χ3v) is 11.5. The van der Waals surface area contributed by atoms with Gasteiger partial charge in [0.15, 0.2) is 23.8 Å². The number of carboxylic acids is 1. The van der Waals surface area contributed by atoms with Crippen molar-refractivity contribution in [1.29, 1.82) is 0 Å². The van der Waals surface area contributed by atoms with Crippen LogP contribution in [0.3, 0.4) is 0 Å². The van der Waals surface area contributed by atoms with Gasteiger partial charge in [0.2, 0.25) is 11.7 Å². The molecule has 1 saturated heterocycles. The molecule has 50 heavy (non-hydrogen) atoms. The number of ether oxygens (including phenoxy) is 3. The van der Waals surface area contributed by atoms with E-state index in [1.165, 1.54) is 12.2 Å². The minimum Gasteiger partial charge on any atom is -0.480 e. The molecule has 0 bridgehead atoms. The number of hydrogen-bond donors (Lipinski definition) is 3. The van der Waals surface area contributed by atoms with Crippen molar-refractivity contribution in [1.82, 2.24) is 5.32 Å². The van der Waals surface area contributed by atoms with E-state index in [0.29, 0.717) is 31.3 Å². The van der Waals surface area contributed by atoms with Gasteiger partial charge in [-0.3, -0.25) is 19.2 Å². The maximum atomic E-state index is 15.8. The Labute approximate surface area is 288 Å². The van der Waals surface area contributed by atoms with Crippen LogP contribution in [-0.2, 0) is 43.0 Å². The predicted molar refractivity (Wildman–Crippen MR) is 168 cm³/mol. The van der Waals surface area contributed by atoms with Gasteiger partial charge in [0, 0.05) is 23.2 Å². The van der Waals surface area contributed by atoms with Crippen LogP contribution >= 0.6 is 0 Å². The van der Waals surface area contributed by atoms with Crippen LogP contribution in [0.4, 0.5) is 4.39 Å². The summed E-state index contributed by atoms with van der Waals surface area (Å²) in [6.07, 6.45) is 1.76. The van der Waals surface area contributed by atoms with Crippen molar-refractivity contribution in [3.63, 3.8) is 0 Å². The number of amides is 1. The van der Waals surface area contributed by atoms with Crippen LogP contribution in [0, 0.1) is 38.7 Å². The maximum Gasteiger partial charge on any atom is 0.326 e. The minimum absolute atomic E-state index is 0.0399. The van der Waals surface area contributed by atoms with Crippen molar-refractivity contribution >= 4 is 29.4 Å². The smallest absolute Gasteiger partial charge is 0.326 e. The van der Waals surface area contributed by atoms with E-state index in [0.717, 1.165) is 0 Å². The second-order valence-electron chi connectivity index (χ2n) is 15.0. The number of carbonyl (C=O) groups excluding carboxylic acids is 4. The molecular weight excluding hydrogens is 663 g/mol. The zero-order valence-electron chi connectivity index (χ0n) is 28.6. The molecular formula is C34H45FN2O13. The molecule has 3 saturated carbocycles. The SMILES string of the molecule is CC1(C)O[C@@H]2C[C@H]3[C@@H]4C[C@H](F)C5=CC(=O)C=C[C@]5(C)[C@H]4[C@@H](O)C[C@]3(C)[C@@]2(C(=O)COC(=O)CC(NC(=O)CCCCCO[N+](=O)[O-])C(=O)O)O1. The summed E-state index contributed by atoms with van der Waals surface area (Å²) in [6, 6.07) is -1.64. The highest BCUT2D eigenvalue weighted by Crippen LogP contribution is 2.70. The van der Waals surface area contributed by atoms with Crippen LogP contribution in [0.1, 0.15) is 79.1 Å². The molecule has 0 spiro atoms. The summed E-state index contributed by atoms with van der Waals surface area (Å²) in [6.45, 7) is 6.00. The Morgan fingerprint density at radius 1 is 1.16 bits per heavy atom. The summed E-state index contributed by atoms with van der Waals surface area (Å²) in [4.78, 5) is 77.8. The normalized spacial score (nSPS) is 36.9. The fourth-order valence-corrected chi connectivity index (χ4v) is 9.58. The molecule has 276 valence electrons. The fourth-order valence-electron chi connectivity index (χ4n) is 9.58. The summed E-state index contributed by atoms with van der Waals surface area (Å²) in [7, 11) is 0. The highest BCUT2D eigenvalue weighted by atomic mass is 19.1. The Bertz CT molecular complexity index is 1500. The molecule has 3 N–H and O–H groups in total. The van der Waals surface area contributed by atoms with Gasteiger partial charge in [-0.15, -0.1) is 10.1 Å². The molecule has 15 nitrogen and oxygen atoms in total. The largest absolute Gasteiger partial charge is 0.480 e. The van der Waals surface area contributed by atoms with Crippen molar-refractivity contribution in [2.45, 2.75) is 115 Å². The standard InChI is InChI=1S/C34H45FN2O13/c1-31(2)49-26-14-20-19-13-22(35)21-12-18(38)9-10-32(21,3)29(19)24(39)16-33(20,4)34(26,50-31)25(40)17-47-28(42)15-23(30(43)44)36-27(41)8-6-5-7-11-48-37(45)46/h9-10,12,19-20,22-24,26,29,39H,5-8,11,13-17H2,1-4H3,(H,36,41)(H,43,44)/t19-,20-,22-,23?,24-,26+,29+,32-,33-,34-/m0/s1. The van der Waals surface area contributed by atoms with Crippen molar-refractivity contribution < 1.29 is 62.7 Å². The number of aliphatic hydroxyl groups excluding tert-OH is 1. The number of carboxylic acid groups (broad SMARTS) is 1. The lowest BCUT2D eigenvalue weighted by Crippen LogP contribution is -2.64. The van der Waals surface area contributed by atoms with E-state index >= 15 is 4.39 Å². The number of Topliss-reactive ketones (excluding diaryl/α,β-unsaturated/α-hetero) is 1. The predicted octanol–water partition coefficient (Wildman–Crippen LogP) is 2.55. The number of hydrogen-bond acceptors (Lipinski definition) is 12. The summed E-state index contributed by atoms with van der Waals surface area (Å²) in [5, 5.41) is 32.9. The summed E-state index contributed by atoms with van der Waals surface area (Å²) in [5.74, 6) is -6.55. The second-order valence-corrected chi connectivity index (χ2v) is 15.0. The van der Waals surface area contributed by atoms with E-state index in [2.05, 4.69) is 10.2 Å². The molecule has 5 aliphatic rings. The van der Waals surface area contributed by atoms with Gasteiger partial charge in [-0.2, -0.15) is 0 Å². The molecule has 4 fully saturated rings. The Morgan fingerprint density at radius 3 is 2.56 bits per heavy atom. The van der Waals surface area contributed by atoms with Gasteiger partial charge in [-0.25, -0.2) is 9.18 Å². The third-order valence-electron chi connectivity index (χ3n) is 11.5. The van der Waals surface area contributed by atoms with E-state index in [1.807, 2.05) is 13.8 Å². The first kappa shape index (κ1) is 37.5. The fraction of sp³-hybridized carbons (Fsp3) is 0.735. The van der Waals surface area contributed by atoms with Crippen LogP contribution in [0.2, 0.25) is 0 Å². The van der Waals surface area contributed by atoms with Crippen LogP contribution in [0.15, 0.2) is 23.8 Å². The van der Waals surface area contributed by atoms with Crippen LogP contribution in [0.5, 0.6) is 0 Å². The average molecular weight is 709 g/mol. The molecule has 1 heterocycles. The van der Waals surface area contributed by atoms with E-state index in [4.69, 9.17) is 14.2 Å². The van der Waals surface area contributed by atoms with Gasteiger partial charge < -0.3 is 34.6 Å². The Balaban J connectivity index is 1.27. The quantitative estimate of drug-likeness (QED) is 0.102. The Kier molecular flexibility index (Phi) is 10.3. The van der Waals surface area contributed by atoms with Gasteiger partial charge in [0.1, 0.15) is 12.2 Å². The number of nitrogens with one attached hydrogen (secondary N) is 1.